The summed E-state index contributed by atoms with van der Waals surface area (Å²) in [6, 6.07) is 13.6. The molecule has 0 aliphatic carbocycles. The number of ether oxygens (including phenoxy) is 1. The molecule has 1 atom stereocenters. The second-order valence-corrected chi connectivity index (χ2v) is 4.10. The summed E-state index contributed by atoms with van der Waals surface area (Å²) in [5.74, 6) is -0.0197. The highest BCUT2D eigenvalue weighted by atomic mass is 16.5. The van der Waals surface area contributed by atoms with Crippen LogP contribution in [-0.2, 0) is 0 Å². The van der Waals surface area contributed by atoms with Crippen LogP contribution in [0.2, 0.25) is 0 Å². The second kappa shape index (κ2) is 5.54. The van der Waals surface area contributed by atoms with Crippen LogP contribution in [-0.4, -0.2) is 18.0 Å². The van der Waals surface area contributed by atoms with Gasteiger partial charge in [-0.05, 0) is 17.7 Å². The number of para-hydroxylation sites is 1. The molecule has 0 saturated carbocycles. The van der Waals surface area contributed by atoms with Crippen LogP contribution < -0.4 is 10.5 Å². The number of carbonyl (C=O) groups excluding carboxylic acids is 1. The SMILES string of the molecule is COc1cccc(C(=O)C(O)c2ccccc2)c1N. The Morgan fingerprint density at radius 3 is 2.47 bits per heavy atom. The molecule has 1 unspecified atom stereocenters. The first-order valence-corrected chi connectivity index (χ1v) is 5.85. The lowest BCUT2D eigenvalue weighted by Crippen LogP contribution is -2.14. The van der Waals surface area contributed by atoms with Crippen molar-refractivity contribution in [3.8, 4) is 5.75 Å². The monoisotopic (exact) mass is 257 g/mol. The number of hydrogen-bond acceptors (Lipinski definition) is 4. The lowest BCUT2D eigenvalue weighted by molar-refractivity contribution is 0.0748. The van der Waals surface area contributed by atoms with E-state index in [4.69, 9.17) is 10.5 Å². The molecule has 2 aromatic carbocycles. The van der Waals surface area contributed by atoms with Gasteiger partial charge in [0.1, 0.15) is 11.9 Å². The third-order valence-corrected chi connectivity index (χ3v) is 2.92. The van der Waals surface area contributed by atoms with Gasteiger partial charge in [-0.15, -0.1) is 0 Å². The van der Waals surface area contributed by atoms with Gasteiger partial charge in [0.25, 0.3) is 0 Å². The Bertz CT molecular complexity index is 581. The highest BCUT2D eigenvalue weighted by Gasteiger charge is 2.22. The van der Waals surface area contributed by atoms with Crippen LogP contribution in [0.25, 0.3) is 0 Å². The molecule has 0 radical (unpaired) electrons. The Hall–Kier alpha value is -2.33. The third kappa shape index (κ3) is 2.58. The van der Waals surface area contributed by atoms with E-state index in [1.165, 1.54) is 7.11 Å². The number of ketones is 1. The van der Waals surface area contributed by atoms with Crippen LogP contribution in [0.15, 0.2) is 48.5 Å². The van der Waals surface area contributed by atoms with Crippen molar-refractivity contribution in [2.24, 2.45) is 0 Å². The molecule has 0 aromatic heterocycles. The number of aliphatic hydroxyl groups excluding tert-OH is 1. The van der Waals surface area contributed by atoms with Crippen LogP contribution in [0.1, 0.15) is 22.0 Å². The van der Waals surface area contributed by atoms with Crippen molar-refractivity contribution in [3.63, 3.8) is 0 Å². The first-order valence-electron chi connectivity index (χ1n) is 5.85. The molecule has 0 spiro atoms. The Balaban J connectivity index is 2.35. The lowest BCUT2D eigenvalue weighted by Gasteiger charge is -2.13. The molecule has 19 heavy (non-hydrogen) atoms. The van der Waals surface area contributed by atoms with E-state index in [1.807, 2.05) is 6.07 Å². The standard InChI is InChI=1S/C15H15NO3/c1-19-12-9-5-8-11(13(12)16)15(18)14(17)10-6-3-2-4-7-10/h2-9,14,17H,16H2,1H3. The van der Waals surface area contributed by atoms with Gasteiger partial charge in [-0.3, -0.25) is 4.79 Å². The van der Waals surface area contributed by atoms with Gasteiger partial charge in [-0.25, -0.2) is 0 Å². The van der Waals surface area contributed by atoms with Gasteiger partial charge in [0, 0.05) is 5.56 Å². The minimum Gasteiger partial charge on any atom is -0.495 e. The molecule has 98 valence electrons. The summed E-state index contributed by atoms with van der Waals surface area (Å²) >= 11 is 0. The normalized spacial score (nSPS) is 11.9. The number of benzene rings is 2. The predicted molar refractivity (Wildman–Crippen MR) is 73.1 cm³/mol. The summed E-state index contributed by atoms with van der Waals surface area (Å²) in [4.78, 5) is 12.2. The summed E-state index contributed by atoms with van der Waals surface area (Å²) in [6.07, 6.45) is -1.23. The van der Waals surface area contributed by atoms with Crippen LogP contribution in [0.4, 0.5) is 5.69 Å². The largest absolute Gasteiger partial charge is 0.495 e. The van der Waals surface area contributed by atoms with Gasteiger partial charge in [0.05, 0.1) is 12.8 Å². The van der Waals surface area contributed by atoms with Gasteiger partial charge >= 0.3 is 0 Å². The van der Waals surface area contributed by atoms with Gasteiger partial charge in [0.15, 0.2) is 5.78 Å². The van der Waals surface area contributed by atoms with E-state index in [2.05, 4.69) is 0 Å². The average molecular weight is 257 g/mol. The smallest absolute Gasteiger partial charge is 0.198 e. The molecule has 0 heterocycles. The summed E-state index contributed by atoms with van der Waals surface area (Å²) in [5.41, 5.74) is 6.89. The number of anilines is 1. The molecule has 0 aliphatic rings. The van der Waals surface area contributed by atoms with Crippen molar-refractivity contribution in [3.05, 3.63) is 59.7 Å². The van der Waals surface area contributed by atoms with Crippen molar-refractivity contribution in [1.29, 1.82) is 0 Å². The van der Waals surface area contributed by atoms with Crippen molar-refractivity contribution in [2.45, 2.75) is 6.10 Å². The molecule has 0 amide bonds. The quantitative estimate of drug-likeness (QED) is 0.650. The molecule has 2 aromatic rings. The first-order chi connectivity index (χ1) is 9.15. The predicted octanol–water partition coefficient (Wildman–Crippen LogP) is 2.19. The van der Waals surface area contributed by atoms with Crippen molar-refractivity contribution < 1.29 is 14.6 Å². The Kier molecular flexibility index (Phi) is 3.82. The zero-order valence-corrected chi connectivity index (χ0v) is 10.5. The summed E-state index contributed by atoms with van der Waals surface area (Å²) < 4.78 is 5.06. The van der Waals surface area contributed by atoms with Gasteiger partial charge < -0.3 is 15.6 Å². The highest BCUT2D eigenvalue weighted by molar-refractivity contribution is 6.04. The number of carbonyl (C=O) groups is 1. The highest BCUT2D eigenvalue weighted by Crippen LogP contribution is 2.28. The van der Waals surface area contributed by atoms with Crippen molar-refractivity contribution in [1.82, 2.24) is 0 Å². The fourth-order valence-corrected chi connectivity index (χ4v) is 1.87. The van der Waals surface area contributed by atoms with Crippen LogP contribution in [0.3, 0.4) is 0 Å². The van der Waals surface area contributed by atoms with E-state index < -0.39 is 11.9 Å². The maximum atomic E-state index is 12.2. The van der Waals surface area contributed by atoms with E-state index in [9.17, 15) is 9.90 Å². The van der Waals surface area contributed by atoms with Crippen LogP contribution in [0.5, 0.6) is 5.75 Å². The van der Waals surface area contributed by atoms with E-state index in [0.29, 0.717) is 11.3 Å². The number of nitrogens with two attached hydrogens (primary N) is 1. The summed E-state index contributed by atoms with van der Waals surface area (Å²) in [7, 11) is 1.48. The second-order valence-electron chi connectivity index (χ2n) is 4.10. The zero-order chi connectivity index (χ0) is 13.8. The first kappa shape index (κ1) is 13.1. The molecule has 3 N–H and O–H groups in total. The van der Waals surface area contributed by atoms with E-state index >= 15 is 0 Å². The van der Waals surface area contributed by atoms with Gasteiger partial charge in [-0.2, -0.15) is 0 Å². The molecule has 0 aliphatic heterocycles. The van der Waals surface area contributed by atoms with Gasteiger partial charge in [-0.1, -0.05) is 36.4 Å². The van der Waals surface area contributed by atoms with Crippen molar-refractivity contribution >= 4 is 11.5 Å². The Morgan fingerprint density at radius 2 is 1.84 bits per heavy atom. The van der Waals surface area contributed by atoms with Crippen LogP contribution >= 0.6 is 0 Å². The maximum Gasteiger partial charge on any atom is 0.198 e. The molecule has 4 nitrogen and oxygen atoms in total. The summed E-state index contributed by atoms with van der Waals surface area (Å²) in [5, 5.41) is 10.1. The molecular weight excluding hydrogens is 242 g/mol. The molecular formula is C15H15NO3. The van der Waals surface area contributed by atoms with Crippen molar-refractivity contribution in [2.75, 3.05) is 12.8 Å². The zero-order valence-electron chi connectivity index (χ0n) is 10.5. The fraction of sp³-hybridized carbons (Fsp3) is 0.133. The lowest BCUT2D eigenvalue weighted by atomic mass is 9.98. The molecule has 0 bridgehead atoms. The summed E-state index contributed by atoms with van der Waals surface area (Å²) in [6.45, 7) is 0. The van der Waals surface area contributed by atoms with E-state index in [1.54, 1.807) is 42.5 Å². The number of Topliss-reactive ketones (excluding diaryl/α,β-unsaturated/α-hetero) is 1. The van der Waals surface area contributed by atoms with E-state index in [0.717, 1.165) is 0 Å². The number of hydrogen-bond donors (Lipinski definition) is 2. The number of nitrogen functional groups attached to an aromatic ring is 1. The minimum atomic E-state index is -1.23. The fourth-order valence-electron chi connectivity index (χ4n) is 1.87. The molecule has 2 rings (SSSR count). The molecule has 0 saturated heterocycles. The number of rotatable bonds is 4. The van der Waals surface area contributed by atoms with E-state index in [-0.39, 0.29) is 11.3 Å². The minimum absolute atomic E-state index is 0.241. The van der Waals surface area contributed by atoms with Crippen LogP contribution in [0, 0.1) is 0 Å². The van der Waals surface area contributed by atoms with Gasteiger partial charge in [0.2, 0.25) is 0 Å². The Labute approximate surface area is 111 Å². The topological polar surface area (TPSA) is 72.5 Å². The Morgan fingerprint density at radius 1 is 1.16 bits per heavy atom. The molecule has 0 fully saturated rings. The third-order valence-electron chi connectivity index (χ3n) is 2.92. The molecule has 4 heteroatoms. The maximum absolute atomic E-state index is 12.2. The average Bonchev–Trinajstić information content (AvgIpc) is 2.47. The number of methoxy groups -OCH3 is 1. The number of aliphatic hydroxyl groups is 1.